The van der Waals surface area contributed by atoms with Gasteiger partial charge in [0.15, 0.2) is 0 Å². The van der Waals surface area contributed by atoms with Crippen molar-refractivity contribution in [2.24, 2.45) is 0 Å². The fourth-order valence-corrected chi connectivity index (χ4v) is 2.74. The number of fused-ring (bicyclic) bond motifs is 2. The molecule has 2 aliphatic rings. The number of carbonyl (C=O) groups is 1. The Morgan fingerprint density at radius 1 is 1.60 bits per heavy atom. The summed E-state index contributed by atoms with van der Waals surface area (Å²) in [5.41, 5.74) is 0.686. The maximum Gasteiger partial charge on any atom is 0.272 e. The highest BCUT2D eigenvalue weighted by molar-refractivity contribution is 5.94. The molecule has 2 aliphatic heterocycles. The molecule has 1 fully saturated rings. The summed E-state index contributed by atoms with van der Waals surface area (Å²) >= 11 is 0. The number of nitrogens with zero attached hydrogens (tertiary/aromatic N) is 2. The van der Waals surface area contributed by atoms with Gasteiger partial charge in [0.25, 0.3) is 5.91 Å². The van der Waals surface area contributed by atoms with Crippen LogP contribution in [0, 0.1) is 0 Å². The number of hydrogen-bond donors (Lipinski definition) is 1. The van der Waals surface area contributed by atoms with Crippen molar-refractivity contribution in [2.45, 2.75) is 25.6 Å². The van der Waals surface area contributed by atoms with E-state index in [9.17, 15) is 4.79 Å². The summed E-state index contributed by atoms with van der Waals surface area (Å²) in [6.45, 7) is 4.74. The fraction of sp³-hybridized carbons (Fsp3) is 0.545. The summed E-state index contributed by atoms with van der Waals surface area (Å²) in [4.78, 5) is 14.2. The molecule has 4 heteroatoms. The molecule has 4 nitrogen and oxygen atoms in total. The number of carbonyl (C=O) groups excluding carboxylic acids is 1. The molecule has 15 heavy (non-hydrogen) atoms. The van der Waals surface area contributed by atoms with Gasteiger partial charge >= 0.3 is 0 Å². The smallest absolute Gasteiger partial charge is 0.272 e. The Morgan fingerprint density at radius 2 is 2.47 bits per heavy atom. The van der Waals surface area contributed by atoms with Gasteiger partial charge in [0.2, 0.25) is 0 Å². The summed E-state index contributed by atoms with van der Waals surface area (Å²) in [5, 5.41) is 3.47. The zero-order valence-corrected chi connectivity index (χ0v) is 8.86. The lowest BCUT2D eigenvalue weighted by Crippen LogP contribution is -2.59. The summed E-state index contributed by atoms with van der Waals surface area (Å²) in [6, 6.07) is 3.85. The van der Waals surface area contributed by atoms with Crippen molar-refractivity contribution in [2.75, 3.05) is 13.1 Å². The molecule has 1 amide bonds. The molecule has 0 aromatic carbocycles. The minimum atomic E-state index is -0.136. The normalized spacial score (nSPS) is 29.1. The van der Waals surface area contributed by atoms with Gasteiger partial charge in [0.05, 0.1) is 6.54 Å². The number of amides is 1. The van der Waals surface area contributed by atoms with E-state index in [1.165, 1.54) is 0 Å². The fourth-order valence-electron chi connectivity index (χ4n) is 2.74. The largest absolute Gasteiger partial charge is 0.340 e. The molecule has 1 unspecified atom stereocenters. The Bertz CT molecular complexity index is 412. The van der Waals surface area contributed by atoms with Crippen LogP contribution in [-0.4, -0.2) is 34.1 Å². The van der Waals surface area contributed by atoms with E-state index >= 15 is 0 Å². The molecule has 0 aliphatic carbocycles. The number of rotatable bonds is 1. The lowest BCUT2D eigenvalue weighted by atomic mass is 10.0. The van der Waals surface area contributed by atoms with Crippen LogP contribution in [0.5, 0.6) is 0 Å². The van der Waals surface area contributed by atoms with Gasteiger partial charge in [0, 0.05) is 19.3 Å². The van der Waals surface area contributed by atoms with E-state index < -0.39 is 0 Å². The van der Waals surface area contributed by atoms with Crippen molar-refractivity contribution in [3.05, 3.63) is 24.0 Å². The molecule has 1 N–H and O–H groups in total. The van der Waals surface area contributed by atoms with Crippen molar-refractivity contribution < 1.29 is 4.79 Å². The van der Waals surface area contributed by atoms with Crippen LogP contribution in [0.3, 0.4) is 0 Å². The number of hydrogen-bond acceptors (Lipinski definition) is 2. The SMILES string of the molecule is CCC12Cn3cccc3C(=O)N1CCN2. The van der Waals surface area contributed by atoms with Gasteiger partial charge in [-0.3, -0.25) is 10.1 Å². The van der Waals surface area contributed by atoms with Crippen LogP contribution in [0.15, 0.2) is 18.3 Å². The van der Waals surface area contributed by atoms with Gasteiger partial charge in [-0.25, -0.2) is 0 Å². The second kappa shape index (κ2) is 2.85. The third kappa shape index (κ3) is 1.03. The lowest BCUT2D eigenvalue weighted by molar-refractivity contribution is 0.0397. The van der Waals surface area contributed by atoms with E-state index in [2.05, 4.69) is 16.8 Å². The molecule has 3 heterocycles. The van der Waals surface area contributed by atoms with Crippen LogP contribution < -0.4 is 5.32 Å². The van der Waals surface area contributed by atoms with Gasteiger partial charge in [-0.05, 0) is 18.6 Å². The standard InChI is InChI=1S/C11H15N3O/c1-2-11-8-13-6-3-4-9(13)10(15)14(11)7-5-12-11/h3-4,6,12H,2,5,7-8H2,1H3. The first kappa shape index (κ1) is 8.97. The van der Waals surface area contributed by atoms with Crippen molar-refractivity contribution in [1.82, 2.24) is 14.8 Å². The minimum absolute atomic E-state index is 0.136. The molecule has 1 aromatic rings. The molecule has 0 saturated carbocycles. The summed E-state index contributed by atoms with van der Waals surface area (Å²) in [5.74, 6) is 0.165. The van der Waals surface area contributed by atoms with E-state index in [-0.39, 0.29) is 11.6 Å². The van der Waals surface area contributed by atoms with Crippen LogP contribution >= 0.6 is 0 Å². The average molecular weight is 205 g/mol. The van der Waals surface area contributed by atoms with Gasteiger partial charge < -0.3 is 9.47 Å². The molecule has 3 rings (SSSR count). The highest BCUT2D eigenvalue weighted by Gasteiger charge is 2.46. The Kier molecular flexibility index (Phi) is 1.71. The molecule has 80 valence electrons. The highest BCUT2D eigenvalue weighted by atomic mass is 16.2. The van der Waals surface area contributed by atoms with Crippen LogP contribution in [0.1, 0.15) is 23.8 Å². The molecule has 1 saturated heterocycles. The monoisotopic (exact) mass is 205 g/mol. The Balaban J connectivity index is 2.10. The number of nitrogens with one attached hydrogen (secondary N) is 1. The zero-order chi connectivity index (χ0) is 10.5. The molecule has 1 atom stereocenters. The Morgan fingerprint density at radius 3 is 3.27 bits per heavy atom. The van der Waals surface area contributed by atoms with Crippen LogP contribution in [0.2, 0.25) is 0 Å². The third-order valence-electron chi connectivity index (χ3n) is 3.62. The minimum Gasteiger partial charge on any atom is -0.340 e. The van der Waals surface area contributed by atoms with Crippen LogP contribution in [-0.2, 0) is 6.54 Å². The molecule has 1 aromatic heterocycles. The molecular formula is C11H15N3O. The van der Waals surface area contributed by atoms with Crippen molar-refractivity contribution in [3.63, 3.8) is 0 Å². The third-order valence-corrected chi connectivity index (χ3v) is 3.62. The number of aromatic nitrogens is 1. The topological polar surface area (TPSA) is 37.3 Å². The predicted octanol–water partition coefficient (Wildman–Crippen LogP) is 0.653. The first-order valence-electron chi connectivity index (χ1n) is 5.49. The lowest BCUT2D eigenvalue weighted by Gasteiger charge is -2.42. The van der Waals surface area contributed by atoms with E-state index in [0.29, 0.717) is 0 Å². The van der Waals surface area contributed by atoms with Crippen LogP contribution in [0.4, 0.5) is 0 Å². The van der Waals surface area contributed by atoms with Crippen LogP contribution in [0.25, 0.3) is 0 Å². The second-order valence-electron chi connectivity index (χ2n) is 4.29. The van der Waals surface area contributed by atoms with E-state index in [1.807, 2.05) is 23.2 Å². The maximum atomic E-state index is 12.2. The first-order chi connectivity index (χ1) is 7.27. The van der Waals surface area contributed by atoms with Crippen molar-refractivity contribution in [3.8, 4) is 0 Å². The van der Waals surface area contributed by atoms with Gasteiger partial charge in [-0.1, -0.05) is 6.92 Å². The summed E-state index contributed by atoms with van der Waals surface area (Å²) in [6.07, 6.45) is 2.94. The Hall–Kier alpha value is -1.29. The quantitative estimate of drug-likeness (QED) is 0.731. The van der Waals surface area contributed by atoms with Gasteiger partial charge in [-0.15, -0.1) is 0 Å². The maximum absolute atomic E-state index is 12.2. The van der Waals surface area contributed by atoms with Gasteiger partial charge in [0.1, 0.15) is 11.4 Å². The average Bonchev–Trinajstić information content (AvgIpc) is 2.84. The summed E-state index contributed by atoms with van der Waals surface area (Å²) < 4.78 is 2.06. The van der Waals surface area contributed by atoms with E-state index in [0.717, 1.165) is 31.7 Å². The van der Waals surface area contributed by atoms with Crippen molar-refractivity contribution in [1.29, 1.82) is 0 Å². The molecule has 0 bridgehead atoms. The highest BCUT2D eigenvalue weighted by Crippen LogP contribution is 2.30. The first-order valence-corrected chi connectivity index (χ1v) is 5.49. The van der Waals surface area contributed by atoms with E-state index in [4.69, 9.17) is 0 Å². The van der Waals surface area contributed by atoms with Crippen molar-refractivity contribution >= 4 is 5.91 Å². The molecular weight excluding hydrogens is 190 g/mol. The molecule has 0 spiro atoms. The second-order valence-corrected chi connectivity index (χ2v) is 4.29. The van der Waals surface area contributed by atoms with Gasteiger partial charge in [-0.2, -0.15) is 0 Å². The zero-order valence-electron chi connectivity index (χ0n) is 8.86. The Labute approximate surface area is 88.9 Å². The predicted molar refractivity (Wildman–Crippen MR) is 56.5 cm³/mol. The van der Waals surface area contributed by atoms with E-state index in [1.54, 1.807) is 0 Å². The summed E-state index contributed by atoms with van der Waals surface area (Å²) in [7, 11) is 0. The molecule has 0 radical (unpaired) electrons.